The Bertz CT molecular complexity index is 1050. The Morgan fingerprint density at radius 2 is 1.69 bits per heavy atom. The molecule has 1 aliphatic rings. The molecule has 1 aromatic heterocycles. The van der Waals surface area contributed by atoms with Gasteiger partial charge in [0.1, 0.15) is 16.9 Å². The fourth-order valence-electron chi connectivity index (χ4n) is 5.14. The third kappa shape index (κ3) is 8.79. The molecule has 2 atom stereocenters. The van der Waals surface area contributed by atoms with Gasteiger partial charge in [-0.25, -0.2) is 4.79 Å². The number of carbonyl (C=O) groups excluding carboxylic acids is 2. The van der Waals surface area contributed by atoms with Gasteiger partial charge in [-0.2, -0.15) is 0 Å². The highest BCUT2D eigenvalue weighted by atomic mass is 16.6. The lowest BCUT2D eigenvalue weighted by Crippen LogP contribution is -2.55. The zero-order valence-electron chi connectivity index (χ0n) is 25.5. The van der Waals surface area contributed by atoms with Crippen LogP contribution in [-0.4, -0.2) is 60.3 Å². The molecule has 0 aliphatic carbocycles. The van der Waals surface area contributed by atoms with Crippen LogP contribution in [-0.2, 0) is 19.7 Å². The van der Waals surface area contributed by atoms with Gasteiger partial charge in [0, 0.05) is 37.5 Å². The van der Waals surface area contributed by atoms with Crippen molar-refractivity contribution in [3.05, 3.63) is 59.9 Å². The monoisotopic (exact) mass is 540 g/mol. The van der Waals surface area contributed by atoms with Crippen LogP contribution in [0.5, 0.6) is 5.75 Å². The smallest absolute Gasteiger partial charge is 0.332 e. The Morgan fingerprint density at radius 1 is 1.05 bits per heavy atom. The zero-order chi connectivity index (χ0) is 29.4. The molecule has 1 aliphatic heterocycles. The standard InChI is InChI=1S/C27H43NO5.C5H5N/c1-18(2)14-27(24(30)33-26(6,7)8)15-19(17-31-9)16-28(27)23(29)20-11-12-21(25(3,4)5)22(13-20)32-10;1-2-4-6-5-3-1/h11-13,18-19H,14-17H2,1-10H3;1-5H/t19-,27+;/m1./s1. The van der Waals surface area contributed by atoms with Gasteiger partial charge >= 0.3 is 5.97 Å². The Hall–Kier alpha value is -2.93. The third-order valence-electron chi connectivity index (χ3n) is 6.58. The first-order chi connectivity index (χ1) is 18.1. The van der Waals surface area contributed by atoms with Gasteiger partial charge in [-0.1, -0.05) is 46.8 Å². The Kier molecular flexibility index (Phi) is 11.1. The molecule has 0 N–H and O–H groups in total. The number of amides is 1. The lowest BCUT2D eigenvalue weighted by Gasteiger charge is -2.39. The first kappa shape index (κ1) is 32.3. The van der Waals surface area contributed by atoms with Crippen LogP contribution >= 0.6 is 0 Å². The fourth-order valence-corrected chi connectivity index (χ4v) is 5.14. The van der Waals surface area contributed by atoms with Crippen molar-refractivity contribution in [3.8, 4) is 5.75 Å². The second kappa shape index (κ2) is 13.4. The Morgan fingerprint density at radius 3 is 2.13 bits per heavy atom. The molecular weight excluding hydrogens is 492 g/mol. The van der Waals surface area contributed by atoms with E-state index in [4.69, 9.17) is 14.2 Å². The third-order valence-corrected chi connectivity index (χ3v) is 6.58. The lowest BCUT2D eigenvalue weighted by atomic mass is 9.83. The summed E-state index contributed by atoms with van der Waals surface area (Å²) in [5, 5.41) is 0. The molecule has 1 aromatic carbocycles. The first-order valence-electron chi connectivity index (χ1n) is 13.7. The number of nitrogens with zero attached hydrogens (tertiary/aromatic N) is 2. The van der Waals surface area contributed by atoms with E-state index in [1.54, 1.807) is 37.6 Å². The summed E-state index contributed by atoms with van der Waals surface area (Å²) in [6.07, 6.45) is 4.56. The number of methoxy groups -OCH3 is 2. The molecule has 0 bridgehead atoms. The molecule has 0 unspecified atom stereocenters. The number of pyridine rings is 1. The number of hydrogen-bond acceptors (Lipinski definition) is 6. The molecule has 1 saturated heterocycles. The molecule has 2 aromatic rings. The van der Waals surface area contributed by atoms with Gasteiger partial charge in [-0.3, -0.25) is 9.78 Å². The lowest BCUT2D eigenvalue weighted by molar-refractivity contribution is -0.168. The molecule has 3 rings (SSSR count). The minimum absolute atomic E-state index is 0.0564. The van der Waals surface area contributed by atoms with E-state index < -0.39 is 11.1 Å². The van der Waals surface area contributed by atoms with Crippen molar-refractivity contribution in [2.45, 2.75) is 84.8 Å². The van der Waals surface area contributed by atoms with Gasteiger partial charge in [-0.05, 0) is 74.8 Å². The number of esters is 1. The van der Waals surface area contributed by atoms with E-state index in [0.717, 1.165) is 5.56 Å². The number of likely N-dealkylation sites (tertiary alicyclic amines) is 1. The highest BCUT2D eigenvalue weighted by Crippen LogP contribution is 2.42. The molecule has 1 amide bonds. The number of aromatic nitrogens is 1. The minimum atomic E-state index is -1.03. The average molecular weight is 541 g/mol. The van der Waals surface area contributed by atoms with Crippen LogP contribution in [0.4, 0.5) is 0 Å². The number of ether oxygens (including phenoxy) is 3. The van der Waals surface area contributed by atoms with E-state index >= 15 is 0 Å². The molecule has 7 heteroatoms. The Labute approximate surface area is 235 Å². The average Bonchev–Trinajstić information content (AvgIpc) is 3.21. The van der Waals surface area contributed by atoms with E-state index in [1.165, 1.54) is 0 Å². The number of benzene rings is 1. The summed E-state index contributed by atoms with van der Waals surface area (Å²) < 4.78 is 16.9. The van der Waals surface area contributed by atoms with Crippen molar-refractivity contribution in [1.82, 2.24) is 9.88 Å². The molecule has 216 valence electrons. The van der Waals surface area contributed by atoms with Gasteiger partial charge < -0.3 is 19.1 Å². The molecule has 7 nitrogen and oxygen atoms in total. The van der Waals surface area contributed by atoms with Gasteiger partial charge in [0.15, 0.2) is 0 Å². The van der Waals surface area contributed by atoms with Gasteiger partial charge in [0.05, 0.1) is 13.7 Å². The van der Waals surface area contributed by atoms with Gasteiger partial charge in [0.2, 0.25) is 0 Å². The summed E-state index contributed by atoms with van der Waals surface area (Å²) in [6, 6.07) is 11.3. The maximum absolute atomic E-state index is 13.9. The highest BCUT2D eigenvalue weighted by Gasteiger charge is 2.55. The molecule has 39 heavy (non-hydrogen) atoms. The highest BCUT2D eigenvalue weighted by molar-refractivity contribution is 5.99. The van der Waals surface area contributed by atoms with E-state index in [2.05, 4.69) is 39.6 Å². The van der Waals surface area contributed by atoms with Crippen molar-refractivity contribution in [1.29, 1.82) is 0 Å². The van der Waals surface area contributed by atoms with Crippen molar-refractivity contribution in [2.24, 2.45) is 11.8 Å². The van der Waals surface area contributed by atoms with Crippen LogP contribution in [0.3, 0.4) is 0 Å². The maximum Gasteiger partial charge on any atom is 0.332 e. The van der Waals surface area contributed by atoms with Gasteiger partial charge in [-0.15, -0.1) is 0 Å². The molecule has 0 radical (unpaired) electrons. The second-order valence-electron chi connectivity index (χ2n) is 12.8. The predicted octanol–water partition coefficient (Wildman–Crippen LogP) is 6.31. The summed E-state index contributed by atoms with van der Waals surface area (Å²) in [4.78, 5) is 33.1. The van der Waals surface area contributed by atoms with Crippen LogP contribution in [0.1, 0.15) is 84.2 Å². The van der Waals surface area contributed by atoms with Crippen LogP contribution in [0, 0.1) is 11.8 Å². The zero-order valence-corrected chi connectivity index (χ0v) is 25.5. The summed E-state index contributed by atoms with van der Waals surface area (Å²) in [5.74, 6) is 0.411. The van der Waals surface area contributed by atoms with E-state index in [-0.39, 0.29) is 29.1 Å². The summed E-state index contributed by atoms with van der Waals surface area (Å²) in [7, 11) is 3.27. The second-order valence-corrected chi connectivity index (χ2v) is 12.8. The van der Waals surface area contributed by atoms with Gasteiger partial charge in [0.25, 0.3) is 5.91 Å². The topological polar surface area (TPSA) is 78.0 Å². The fraction of sp³-hybridized carbons (Fsp3) is 0.594. The minimum Gasteiger partial charge on any atom is -0.496 e. The summed E-state index contributed by atoms with van der Waals surface area (Å²) in [5.41, 5.74) is -0.262. The molecular formula is C32H48N2O5. The van der Waals surface area contributed by atoms with E-state index in [9.17, 15) is 9.59 Å². The largest absolute Gasteiger partial charge is 0.496 e. The SMILES string of the molecule is COC[C@H]1CN(C(=O)c2ccc(C(C)(C)C)c(OC)c2)[C@](CC(C)C)(C(=O)OC(C)(C)C)C1.c1ccncc1. The Balaban J connectivity index is 0.000000780. The van der Waals surface area contributed by atoms with Crippen molar-refractivity contribution < 1.29 is 23.8 Å². The predicted molar refractivity (Wildman–Crippen MR) is 155 cm³/mol. The normalized spacial score (nSPS) is 19.4. The van der Waals surface area contributed by atoms with Crippen LogP contribution < -0.4 is 4.74 Å². The molecule has 0 saturated carbocycles. The number of hydrogen-bond donors (Lipinski definition) is 0. The van der Waals surface area contributed by atoms with Crippen molar-refractivity contribution in [2.75, 3.05) is 27.4 Å². The molecule has 1 fully saturated rings. The summed E-state index contributed by atoms with van der Waals surface area (Å²) in [6.45, 7) is 17.0. The van der Waals surface area contributed by atoms with Crippen molar-refractivity contribution >= 4 is 11.9 Å². The number of rotatable bonds is 7. The van der Waals surface area contributed by atoms with Crippen LogP contribution in [0.25, 0.3) is 0 Å². The summed E-state index contributed by atoms with van der Waals surface area (Å²) >= 11 is 0. The van der Waals surface area contributed by atoms with E-state index in [1.807, 2.05) is 51.1 Å². The first-order valence-corrected chi connectivity index (χ1v) is 13.7. The van der Waals surface area contributed by atoms with Crippen LogP contribution in [0.2, 0.25) is 0 Å². The molecule has 2 heterocycles. The van der Waals surface area contributed by atoms with Crippen LogP contribution in [0.15, 0.2) is 48.8 Å². The molecule has 0 spiro atoms. The van der Waals surface area contributed by atoms with Crippen molar-refractivity contribution in [3.63, 3.8) is 0 Å². The quantitative estimate of drug-likeness (QED) is 0.383. The number of carbonyl (C=O) groups is 2. The van der Waals surface area contributed by atoms with E-state index in [0.29, 0.717) is 37.3 Å². The maximum atomic E-state index is 13.9.